The second-order valence-corrected chi connectivity index (χ2v) is 5.30. The number of hydrogen-bond donors (Lipinski definition) is 2. The van der Waals surface area contributed by atoms with Crippen LogP contribution >= 0.6 is 0 Å². The van der Waals surface area contributed by atoms with Crippen molar-refractivity contribution in [3.63, 3.8) is 0 Å². The molecule has 0 atom stereocenters. The number of alkyl carbamates (subject to hydrolysis) is 1. The molecule has 0 aliphatic heterocycles. The Balaban J connectivity index is 1.70. The number of nitrogens with one attached hydrogen (secondary N) is 1. The molecule has 0 unspecified atom stereocenters. The summed E-state index contributed by atoms with van der Waals surface area (Å²) in [6.45, 7) is 0.914. The van der Waals surface area contributed by atoms with Gasteiger partial charge in [-0.2, -0.15) is 0 Å². The normalized spacial score (nSPS) is 10.2. The van der Waals surface area contributed by atoms with Gasteiger partial charge in [0.05, 0.1) is 13.7 Å². The Morgan fingerprint density at radius 3 is 2.60 bits per heavy atom. The fourth-order valence-corrected chi connectivity index (χ4v) is 2.20. The fourth-order valence-electron chi connectivity index (χ4n) is 2.20. The van der Waals surface area contributed by atoms with Crippen LogP contribution in [0.3, 0.4) is 0 Å². The van der Waals surface area contributed by atoms with Gasteiger partial charge in [0.15, 0.2) is 11.5 Å². The topological polar surface area (TPSA) is 77.0 Å². The van der Waals surface area contributed by atoms with E-state index in [1.807, 2.05) is 42.5 Å². The quantitative estimate of drug-likeness (QED) is 0.683. The number of aliphatic hydroxyl groups excluding tert-OH is 1. The van der Waals surface area contributed by atoms with Crippen molar-refractivity contribution >= 4 is 6.09 Å². The van der Waals surface area contributed by atoms with Crippen LogP contribution in [0.2, 0.25) is 0 Å². The molecule has 6 nitrogen and oxygen atoms in total. The molecule has 0 heterocycles. The first-order valence-corrected chi connectivity index (χ1v) is 8.08. The Morgan fingerprint density at radius 1 is 1.08 bits per heavy atom. The van der Waals surface area contributed by atoms with Gasteiger partial charge in [0, 0.05) is 6.61 Å². The average molecular weight is 345 g/mol. The molecule has 2 N–H and O–H groups in total. The highest BCUT2D eigenvalue weighted by molar-refractivity contribution is 5.67. The van der Waals surface area contributed by atoms with E-state index in [1.165, 1.54) is 0 Å². The zero-order valence-corrected chi connectivity index (χ0v) is 14.2. The van der Waals surface area contributed by atoms with E-state index in [2.05, 4.69) is 5.32 Å². The molecule has 2 aromatic carbocycles. The Hall–Kier alpha value is -2.73. The van der Waals surface area contributed by atoms with Crippen molar-refractivity contribution in [3.05, 3.63) is 59.7 Å². The third-order valence-electron chi connectivity index (χ3n) is 3.47. The highest BCUT2D eigenvalue weighted by atomic mass is 16.5. The first-order chi connectivity index (χ1) is 12.2. The molecular weight excluding hydrogens is 322 g/mol. The predicted octanol–water partition coefficient (Wildman–Crippen LogP) is 2.54. The maximum atomic E-state index is 11.6. The highest BCUT2D eigenvalue weighted by Crippen LogP contribution is 2.28. The molecule has 0 bridgehead atoms. The number of rotatable bonds is 9. The van der Waals surface area contributed by atoms with E-state index in [-0.39, 0.29) is 19.8 Å². The second kappa shape index (κ2) is 10.2. The number of methoxy groups -OCH3 is 1. The molecule has 134 valence electrons. The first-order valence-electron chi connectivity index (χ1n) is 8.08. The van der Waals surface area contributed by atoms with Crippen molar-refractivity contribution in [2.24, 2.45) is 0 Å². The van der Waals surface area contributed by atoms with E-state index >= 15 is 0 Å². The van der Waals surface area contributed by atoms with Crippen LogP contribution < -0.4 is 14.8 Å². The Bertz CT molecular complexity index is 660. The first kappa shape index (κ1) is 18.6. The summed E-state index contributed by atoms with van der Waals surface area (Å²) in [6, 6.07) is 15.0. The summed E-state index contributed by atoms with van der Waals surface area (Å²) < 4.78 is 16.0. The SMILES string of the molecule is COc1cc(CCO)ccc1OCCNC(=O)OCc1ccccc1. The molecule has 0 aliphatic carbocycles. The zero-order valence-electron chi connectivity index (χ0n) is 14.2. The van der Waals surface area contributed by atoms with Gasteiger partial charge in [0.2, 0.25) is 0 Å². The van der Waals surface area contributed by atoms with Crippen molar-refractivity contribution in [2.45, 2.75) is 13.0 Å². The Kier molecular flexibility index (Phi) is 7.59. The number of aliphatic hydroxyl groups is 1. The second-order valence-electron chi connectivity index (χ2n) is 5.30. The minimum absolute atomic E-state index is 0.0817. The third kappa shape index (κ3) is 6.35. The number of carbonyl (C=O) groups is 1. The van der Waals surface area contributed by atoms with Gasteiger partial charge >= 0.3 is 6.09 Å². The van der Waals surface area contributed by atoms with Gasteiger partial charge in [-0.15, -0.1) is 0 Å². The Morgan fingerprint density at radius 2 is 1.88 bits per heavy atom. The van der Waals surface area contributed by atoms with Gasteiger partial charge < -0.3 is 24.6 Å². The minimum Gasteiger partial charge on any atom is -0.493 e. The van der Waals surface area contributed by atoms with E-state index in [9.17, 15) is 4.79 Å². The van der Waals surface area contributed by atoms with Crippen LogP contribution in [0.1, 0.15) is 11.1 Å². The van der Waals surface area contributed by atoms with Crippen molar-refractivity contribution in [1.29, 1.82) is 0 Å². The molecule has 0 radical (unpaired) electrons. The van der Waals surface area contributed by atoms with E-state index in [4.69, 9.17) is 19.3 Å². The van der Waals surface area contributed by atoms with Crippen LogP contribution in [-0.4, -0.2) is 38.1 Å². The number of carbonyl (C=O) groups excluding carboxylic acids is 1. The highest BCUT2D eigenvalue weighted by Gasteiger charge is 2.07. The lowest BCUT2D eigenvalue weighted by molar-refractivity contribution is 0.137. The summed E-state index contributed by atoms with van der Waals surface area (Å²) in [5.41, 5.74) is 1.90. The van der Waals surface area contributed by atoms with E-state index < -0.39 is 6.09 Å². The summed E-state index contributed by atoms with van der Waals surface area (Å²) in [5, 5.41) is 11.6. The molecule has 2 aromatic rings. The lowest BCUT2D eigenvalue weighted by Crippen LogP contribution is -2.28. The van der Waals surface area contributed by atoms with Crippen molar-refractivity contribution < 1.29 is 24.1 Å². The van der Waals surface area contributed by atoms with Gasteiger partial charge in [0.1, 0.15) is 13.2 Å². The standard InChI is InChI=1S/C19H23NO5/c1-23-18-13-15(9-11-21)7-8-17(18)24-12-10-20-19(22)25-14-16-5-3-2-4-6-16/h2-8,13,21H,9-12,14H2,1H3,(H,20,22). The molecule has 0 saturated heterocycles. The summed E-state index contributed by atoms with van der Waals surface area (Å²) >= 11 is 0. The lowest BCUT2D eigenvalue weighted by atomic mass is 10.1. The molecule has 0 spiro atoms. The van der Waals surface area contributed by atoms with Gasteiger partial charge in [-0.3, -0.25) is 0 Å². The predicted molar refractivity (Wildman–Crippen MR) is 93.9 cm³/mol. The molecule has 2 rings (SSSR count). The van der Waals surface area contributed by atoms with E-state index in [1.54, 1.807) is 13.2 Å². The largest absolute Gasteiger partial charge is 0.493 e. The maximum Gasteiger partial charge on any atom is 0.407 e. The van der Waals surface area contributed by atoms with Crippen LogP contribution in [-0.2, 0) is 17.8 Å². The maximum absolute atomic E-state index is 11.6. The van der Waals surface area contributed by atoms with E-state index in [0.29, 0.717) is 24.5 Å². The molecular formula is C19H23NO5. The van der Waals surface area contributed by atoms with Crippen LogP contribution in [0.15, 0.2) is 48.5 Å². The molecule has 1 amide bonds. The zero-order chi connectivity index (χ0) is 17.9. The molecule has 25 heavy (non-hydrogen) atoms. The van der Waals surface area contributed by atoms with E-state index in [0.717, 1.165) is 11.1 Å². The number of benzene rings is 2. The van der Waals surface area contributed by atoms with Crippen molar-refractivity contribution in [2.75, 3.05) is 26.9 Å². The molecule has 6 heteroatoms. The summed E-state index contributed by atoms with van der Waals surface area (Å²) in [6.07, 6.45) is 0.0727. The fraction of sp³-hybridized carbons (Fsp3) is 0.316. The number of amides is 1. The monoisotopic (exact) mass is 345 g/mol. The van der Waals surface area contributed by atoms with Gasteiger partial charge in [-0.25, -0.2) is 4.79 Å². The van der Waals surface area contributed by atoms with Crippen LogP contribution in [0, 0.1) is 0 Å². The van der Waals surface area contributed by atoms with Crippen molar-refractivity contribution in [3.8, 4) is 11.5 Å². The summed E-state index contributed by atoms with van der Waals surface area (Å²) in [5.74, 6) is 1.18. The van der Waals surface area contributed by atoms with Gasteiger partial charge in [-0.05, 0) is 29.7 Å². The summed E-state index contributed by atoms with van der Waals surface area (Å²) in [4.78, 5) is 11.6. The van der Waals surface area contributed by atoms with Crippen LogP contribution in [0.25, 0.3) is 0 Å². The molecule has 0 aromatic heterocycles. The molecule has 0 aliphatic rings. The minimum atomic E-state index is -0.488. The van der Waals surface area contributed by atoms with Crippen LogP contribution in [0.5, 0.6) is 11.5 Å². The third-order valence-corrected chi connectivity index (χ3v) is 3.47. The van der Waals surface area contributed by atoms with Gasteiger partial charge in [-0.1, -0.05) is 36.4 Å². The molecule has 0 saturated carbocycles. The summed E-state index contributed by atoms with van der Waals surface area (Å²) in [7, 11) is 1.56. The van der Waals surface area contributed by atoms with Crippen molar-refractivity contribution in [1.82, 2.24) is 5.32 Å². The Labute approximate surface area is 147 Å². The molecule has 0 fully saturated rings. The van der Waals surface area contributed by atoms with Gasteiger partial charge in [0.25, 0.3) is 0 Å². The lowest BCUT2D eigenvalue weighted by Gasteiger charge is -2.12. The number of hydrogen-bond acceptors (Lipinski definition) is 5. The number of ether oxygens (including phenoxy) is 3. The average Bonchev–Trinajstić information content (AvgIpc) is 2.65. The smallest absolute Gasteiger partial charge is 0.407 e. The van der Waals surface area contributed by atoms with Crippen LogP contribution in [0.4, 0.5) is 4.79 Å².